The van der Waals surface area contributed by atoms with Crippen LogP contribution >= 0.6 is 0 Å². The highest BCUT2D eigenvalue weighted by Gasteiger charge is 2.18. The summed E-state index contributed by atoms with van der Waals surface area (Å²) in [6.45, 7) is 1.51. The Labute approximate surface area is 229 Å². The zero-order valence-corrected chi connectivity index (χ0v) is 21.7. The molecule has 0 spiro atoms. The molecule has 0 radical (unpaired) electrons. The molecule has 0 saturated carbocycles. The number of carbonyl (C=O) groups is 2. The number of hydrogen-bond donors (Lipinski definition) is 4. The fraction of sp³-hybridized carbons (Fsp3) is 0.207. The minimum atomic E-state index is -0.691. The molecule has 11 heteroatoms. The van der Waals surface area contributed by atoms with E-state index >= 15 is 0 Å². The van der Waals surface area contributed by atoms with Crippen molar-refractivity contribution in [2.45, 2.75) is 18.9 Å². The molecule has 1 fully saturated rings. The maximum atomic E-state index is 14.8. The number of amides is 2. The van der Waals surface area contributed by atoms with Gasteiger partial charge in [0.15, 0.2) is 0 Å². The van der Waals surface area contributed by atoms with Crippen molar-refractivity contribution < 1.29 is 23.5 Å². The van der Waals surface area contributed by atoms with E-state index in [1.807, 2.05) is 12.1 Å². The predicted octanol–water partition coefficient (Wildman–Crippen LogP) is 4.91. The minimum Gasteiger partial charge on any atom is -0.393 e. The highest BCUT2D eigenvalue weighted by Crippen LogP contribution is 2.27. The quantitative estimate of drug-likeness (QED) is 0.262. The van der Waals surface area contributed by atoms with E-state index < -0.39 is 23.4 Å². The molecule has 1 aliphatic heterocycles. The summed E-state index contributed by atoms with van der Waals surface area (Å²) < 4.78 is 30.9. The highest BCUT2D eigenvalue weighted by molar-refractivity contribution is 6.04. The molecule has 206 valence electrons. The van der Waals surface area contributed by atoms with Crippen molar-refractivity contribution in [3.05, 3.63) is 95.8 Å². The fourth-order valence-electron chi connectivity index (χ4n) is 4.48. The van der Waals surface area contributed by atoms with Crippen molar-refractivity contribution in [3.63, 3.8) is 0 Å². The molecule has 0 atom stereocenters. The Balaban J connectivity index is 1.19. The van der Waals surface area contributed by atoms with Crippen LogP contribution in [0.15, 0.2) is 72.9 Å². The number of benzene rings is 3. The average molecular weight is 547 g/mol. The molecule has 0 bridgehead atoms. The van der Waals surface area contributed by atoms with Gasteiger partial charge >= 0.3 is 0 Å². The van der Waals surface area contributed by atoms with Crippen molar-refractivity contribution >= 4 is 40.3 Å². The normalized spacial score (nSPS) is 13.7. The van der Waals surface area contributed by atoms with E-state index in [9.17, 15) is 23.5 Å². The Morgan fingerprint density at radius 2 is 1.43 bits per heavy atom. The number of hydrogen-bond acceptors (Lipinski definition) is 6. The molecule has 0 unspecified atom stereocenters. The van der Waals surface area contributed by atoms with Crippen molar-refractivity contribution in [1.82, 2.24) is 9.78 Å². The first-order chi connectivity index (χ1) is 19.3. The first-order valence-corrected chi connectivity index (χ1v) is 12.8. The van der Waals surface area contributed by atoms with Gasteiger partial charge in [0.25, 0.3) is 11.8 Å². The topological polar surface area (TPSA) is 112 Å². The molecule has 2 heterocycles. The summed E-state index contributed by atoms with van der Waals surface area (Å²) in [6.07, 6.45) is 2.64. The van der Waals surface area contributed by atoms with Crippen molar-refractivity contribution in [1.29, 1.82) is 0 Å². The number of nitrogens with zero attached hydrogens (tertiary/aromatic N) is 3. The molecule has 1 aromatic heterocycles. The number of aryl methyl sites for hydroxylation is 1. The van der Waals surface area contributed by atoms with E-state index in [4.69, 9.17) is 0 Å². The summed E-state index contributed by atoms with van der Waals surface area (Å²) in [4.78, 5) is 27.2. The van der Waals surface area contributed by atoms with Crippen LogP contribution in [0.5, 0.6) is 0 Å². The fourth-order valence-corrected chi connectivity index (χ4v) is 4.48. The summed E-state index contributed by atoms with van der Waals surface area (Å²) >= 11 is 0. The molecule has 1 aliphatic rings. The summed E-state index contributed by atoms with van der Waals surface area (Å²) in [5, 5.41) is 21.6. The number of aliphatic hydroxyl groups excluding tert-OH is 1. The van der Waals surface area contributed by atoms with E-state index in [2.05, 4.69) is 25.9 Å². The number of nitrogens with one attached hydrogen (secondary N) is 3. The van der Waals surface area contributed by atoms with Gasteiger partial charge in [0.05, 0.1) is 17.5 Å². The lowest BCUT2D eigenvalue weighted by Gasteiger charge is -2.31. The van der Waals surface area contributed by atoms with Gasteiger partial charge in [-0.25, -0.2) is 8.78 Å². The zero-order chi connectivity index (χ0) is 28.2. The van der Waals surface area contributed by atoms with E-state index in [1.54, 1.807) is 19.2 Å². The summed E-state index contributed by atoms with van der Waals surface area (Å²) in [6, 6.07) is 16.7. The van der Waals surface area contributed by atoms with Crippen LogP contribution in [0.2, 0.25) is 0 Å². The van der Waals surface area contributed by atoms with Gasteiger partial charge in [-0.15, -0.1) is 0 Å². The third kappa shape index (κ3) is 6.10. The van der Waals surface area contributed by atoms with Gasteiger partial charge in [0, 0.05) is 49.0 Å². The van der Waals surface area contributed by atoms with Gasteiger partial charge in [0.2, 0.25) is 0 Å². The van der Waals surface area contributed by atoms with Crippen LogP contribution in [0.3, 0.4) is 0 Å². The van der Waals surface area contributed by atoms with Gasteiger partial charge in [-0.2, -0.15) is 5.10 Å². The van der Waals surface area contributed by atoms with Crippen molar-refractivity contribution in [3.8, 4) is 0 Å². The van der Waals surface area contributed by atoms with Gasteiger partial charge in [-0.3, -0.25) is 14.3 Å². The molecule has 4 aromatic rings. The van der Waals surface area contributed by atoms with Crippen LogP contribution < -0.4 is 20.9 Å². The SMILES string of the molecule is Cn1nccc1C(=O)Nc1ccc(Nc2ccc(NC(=O)c3ccc(N4CCC(O)CC4)cc3)cc2F)c(F)c1. The van der Waals surface area contributed by atoms with Gasteiger partial charge in [-0.1, -0.05) is 0 Å². The lowest BCUT2D eigenvalue weighted by Crippen LogP contribution is -2.35. The van der Waals surface area contributed by atoms with Gasteiger partial charge in [0.1, 0.15) is 17.3 Å². The number of aromatic nitrogens is 2. The third-order valence-corrected chi connectivity index (χ3v) is 6.74. The van der Waals surface area contributed by atoms with Crippen LogP contribution in [0, 0.1) is 11.6 Å². The molecule has 40 heavy (non-hydrogen) atoms. The number of rotatable bonds is 7. The van der Waals surface area contributed by atoms with Crippen LogP contribution in [-0.4, -0.2) is 45.9 Å². The molecular formula is C29H28F2N6O3. The van der Waals surface area contributed by atoms with Crippen LogP contribution in [0.1, 0.15) is 33.7 Å². The van der Waals surface area contributed by atoms with Crippen LogP contribution in [0.25, 0.3) is 0 Å². The van der Waals surface area contributed by atoms with E-state index in [1.165, 1.54) is 41.2 Å². The Hall–Kier alpha value is -4.77. The summed E-state index contributed by atoms with van der Waals surface area (Å²) in [5.41, 5.74) is 2.21. The molecule has 0 aliphatic carbocycles. The molecule has 4 N–H and O–H groups in total. The van der Waals surface area contributed by atoms with Crippen LogP contribution in [-0.2, 0) is 7.05 Å². The monoisotopic (exact) mass is 546 g/mol. The van der Waals surface area contributed by atoms with Gasteiger partial charge < -0.3 is 26.0 Å². The second-order valence-corrected chi connectivity index (χ2v) is 9.53. The van der Waals surface area contributed by atoms with E-state index in [0.29, 0.717) is 24.1 Å². The lowest BCUT2D eigenvalue weighted by atomic mass is 10.1. The summed E-state index contributed by atoms with van der Waals surface area (Å²) in [7, 11) is 1.62. The number of aliphatic hydroxyl groups is 1. The smallest absolute Gasteiger partial charge is 0.273 e. The third-order valence-electron chi connectivity index (χ3n) is 6.74. The molecule has 9 nitrogen and oxygen atoms in total. The maximum Gasteiger partial charge on any atom is 0.273 e. The minimum absolute atomic E-state index is 0.0116. The highest BCUT2D eigenvalue weighted by atomic mass is 19.1. The Bertz CT molecular complexity index is 1530. The van der Waals surface area contributed by atoms with Crippen molar-refractivity contribution in [2.75, 3.05) is 33.9 Å². The number of carbonyl (C=O) groups excluding carboxylic acids is 2. The molecule has 3 aromatic carbocycles. The first-order valence-electron chi connectivity index (χ1n) is 12.8. The van der Waals surface area contributed by atoms with E-state index in [-0.39, 0.29) is 28.9 Å². The molecule has 2 amide bonds. The Morgan fingerprint density at radius 1 is 0.850 bits per heavy atom. The number of piperidine rings is 1. The number of anilines is 5. The molecular weight excluding hydrogens is 518 g/mol. The average Bonchev–Trinajstić information content (AvgIpc) is 3.38. The largest absolute Gasteiger partial charge is 0.393 e. The van der Waals surface area contributed by atoms with Gasteiger partial charge in [-0.05, 0) is 79.6 Å². The zero-order valence-electron chi connectivity index (χ0n) is 21.7. The predicted molar refractivity (Wildman–Crippen MR) is 149 cm³/mol. The Kier molecular flexibility index (Phi) is 7.74. The number of halogens is 2. The van der Waals surface area contributed by atoms with Crippen LogP contribution in [0.4, 0.5) is 37.2 Å². The first kappa shape index (κ1) is 26.8. The standard InChI is InChI=1S/C29H28F2N6O3/c1-36-27(10-13-32-36)29(40)34-20-5-9-26(24(31)17-20)35-25-8-4-19(16-23(25)30)33-28(39)18-2-6-21(7-3-18)37-14-11-22(38)12-15-37/h2-10,13,16-17,22,35,38H,11-12,14-15H2,1H3,(H,33,39)(H,34,40). The maximum absolute atomic E-state index is 14.8. The lowest BCUT2D eigenvalue weighted by molar-refractivity contribution is 0.101. The molecule has 5 rings (SSSR count). The Morgan fingerprint density at radius 3 is 1.95 bits per heavy atom. The van der Waals surface area contributed by atoms with E-state index in [0.717, 1.165) is 30.9 Å². The molecule has 1 saturated heterocycles. The second kappa shape index (κ2) is 11.5. The second-order valence-electron chi connectivity index (χ2n) is 9.53. The van der Waals surface area contributed by atoms with Crippen molar-refractivity contribution in [2.24, 2.45) is 7.05 Å². The summed E-state index contributed by atoms with van der Waals surface area (Å²) in [5.74, 6) is -2.21.